The van der Waals surface area contributed by atoms with Crippen molar-refractivity contribution < 1.29 is 0 Å². The van der Waals surface area contributed by atoms with E-state index in [-0.39, 0.29) is 5.41 Å². The zero-order chi connectivity index (χ0) is 38.8. The van der Waals surface area contributed by atoms with Crippen LogP contribution in [0.2, 0.25) is 0 Å². The minimum Gasteiger partial charge on any atom is -0.309 e. The zero-order valence-electron chi connectivity index (χ0n) is 32.3. The third-order valence-corrected chi connectivity index (χ3v) is 11.9. The molecule has 0 radical (unpaired) electrons. The fourth-order valence-corrected chi connectivity index (χ4v) is 9.18. The van der Waals surface area contributed by atoms with E-state index in [2.05, 4.69) is 174 Å². The van der Waals surface area contributed by atoms with Crippen molar-refractivity contribution in [3.63, 3.8) is 0 Å². The van der Waals surface area contributed by atoms with E-state index in [1.54, 1.807) is 0 Å². The van der Waals surface area contributed by atoms with Crippen LogP contribution >= 0.6 is 0 Å². The molecular formula is C54H38N4. The molecule has 0 saturated carbocycles. The van der Waals surface area contributed by atoms with Crippen LogP contribution < -0.4 is 0 Å². The number of pyridine rings is 3. The van der Waals surface area contributed by atoms with Crippen LogP contribution in [-0.2, 0) is 5.41 Å². The summed E-state index contributed by atoms with van der Waals surface area (Å²) in [6.45, 7) is 4.70. The molecule has 0 spiro atoms. The molecule has 0 fully saturated rings. The lowest BCUT2D eigenvalue weighted by atomic mass is 9.82. The maximum absolute atomic E-state index is 5.03. The molecule has 0 amide bonds. The number of nitrogens with zero attached hydrogens (tertiary/aromatic N) is 4. The van der Waals surface area contributed by atoms with E-state index in [1.165, 1.54) is 60.8 Å². The van der Waals surface area contributed by atoms with Gasteiger partial charge in [-0.3, -0.25) is 9.97 Å². The first-order valence-electron chi connectivity index (χ1n) is 19.8. The SMILES string of the molecule is CC1(C)c2ccccc2-c2c(-c3ccc4c(c3)c3c(-c5cccc(-c6cc(-c7ccccn7)nc(-c7ccccn7)c6)c5)cccc3n4-c3ccccc3)cccc21. The molecule has 4 nitrogen and oxygen atoms in total. The summed E-state index contributed by atoms with van der Waals surface area (Å²) in [5.41, 5.74) is 19.1. The van der Waals surface area contributed by atoms with Gasteiger partial charge in [0, 0.05) is 34.3 Å². The van der Waals surface area contributed by atoms with Crippen molar-refractivity contribution >= 4 is 21.8 Å². The molecule has 4 heterocycles. The molecule has 0 N–H and O–H groups in total. The molecule has 6 aromatic carbocycles. The first-order valence-corrected chi connectivity index (χ1v) is 19.8. The van der Waals surface area contributed by atoms with Crippen LogP contribution in [0.3, 0.4) is 0 Å². The summed E-state index contributed by atoms with van der Waals surface area (Å²) in [6.07, 6.45) is 3.63. The number of fused-ring (bicyclic) bond motifs is 6. The van der Waals surface area contributed by atoms with E-state index in [0.29, 0.717) is 0 Å². The molecule has 1 aliphatic carbocycles. The molecule has 274 valence electrons. The second-order valence-electron chi connectivity index (χ2n) is 15.6. The fourth-order valence-electron chi connectivity index (χ4n) is 9.18. The first kappa shape index (κ1) is 33.9. The van der Waals surface area contributed by atoms with Gasteiger partial charge in [0.1, 0.15) is 0 Å². The number of para-hydroxylation sites is 1. The summed E-state index contributed by atoms with van der Waals surface area (Å²) < 4.78 is 2.41. The Bertz CT molecular complexity index is 3120. The van der Waals surface area contributed by atoms with Crippen LogP contribution in [0.4, 0.5) is 0 Å². The summed E-state index contributed by atoms with van der Waals surface area (Å²) in [4.78, 5) is 14.3. The molecule has 0 unspecified atom stereocenters. The van der Waals surface area contributed by atoms with E-state index in [4.69, 9.17) is 4.98 Å². The number of hydrogen-bond acceptors (Lipinski definition) is 3. The molecular weight excluding hydrogens is 705 g/mol. The zero-order valence-corrected chi connectivity index (χ0v) is 32.3. The van der Waals surface area contributed by atoms with Crippen LogP contribution in [0, 0.1) is 0 Å². The maximum atomic E-state index is 5.03. The predicted molar refractivity (Wildman–Crippen MR) is 239 cm³/mol. The summed E-state index contributed by atoms with van der Waals surface area (Å²) in [5.74, 6) is 0. The molecule has 0 atom stereocenters. The van der Waals surface area contributed by atoms with Gasteiger partial charge in [-0.25, -0.2) is 4.98 Å². The monoisotopic (exact) mass is 742 g/mol. The van der Waals surface area contributed by atoms with Crippen LogP contribution in [-0.4, -0.2) is 19.5 Å². The van der Waals surface area contributed by atoms with Crippen molar-refractivity contribution in [2.45, 2.75) is 19.3 Å². The minimum atomic E-state index is -0.0703. The molecule has 4 aromatic heterocycles. The van der Waals surface area contributed by atoms with Gasteiger partial charge in [0.05, 0.1) is 33.8 Å². The summed E-state index contributed by atoms with van der Waals surface area (Å²) in [6, 6.07) is 65.3. The average molecular weight is 743 g/mol. The molecule has 11 rings (SSSR count). The lowest BCUT2D eigenvalue weighted by molar-refractivity contribution is 0.660. The Morgan fingerprint density at radius 2 is 1.03 bits per heavy atom. The van der Waals surface area contributed by atoms with E-state index < -0.39 is 0 Å². The Hall–Kier alpha value is -7.43. The van der Waals surface area contributed by atoms with Gasteiger partial charge in [-0.05, 0) is 128 Å². The molecule has 58 heavy (non-hydrogen) atoms. The Kier molecular flexibility index (Phi) is 7.80. The van der Waals surface area contributed by atoms with Crippen molar-refractivity contribution in [1.29, 1.82) is 0 Å². The summed E-state index contributed by atoms with van der Waals surface area (Å²) in [7, 11) is 0. The second-order valence-corrected chi connectivity index (χ2v) is 15.6. The van der Waals surface area contributed by atoms with Crippen molar-refractivity contribution in [2.75, 3.05) is 0 Å². The first-order chi connectivity index (χ1) is 28.5. The van der Waals surface area contributed by atoms with Gasteiger partial charge in [0.2, 0.25) is 0 Å². The van der Waals surface area contributed by atoms with E-state index in [9.17, 15) is 0 Å². The largest absolute Gasteiger partial charge is 0.309 e. The van der Waals surface area contributed by atoms with Crippen molar-refractivity contribution in [1.82, 2.24) is 19.5 Å². The number of benzene rings is 6. The van der Waals surface area contributed by atoms with Gasteiger partial charge >= 0.3 is 0 Å². The van der Waals surface area contributed by atoms with Gasteiger partial charge in [-0.1, -0.05) is 123 Å². The smallest absolute Gasteiger partial charge is 0.0900 e. The Labute approximate surface area is 337 Å². The minimum absolute atomic E-state index is 0.0703. The Balaban J connectivity index is 1.13. The summed E-state index contributed by atoms with van der Waals surface area (Å²) in [5, 5.41) is 2.45. The normalized spacial score (nSPS) is 12.8. The van der Waals surface area contributed by atoms with Crippen LogP contribution in [0.1, 0.15) is 25.0 Å². The predicted octanol–water partition coefficient (Wildman–Crippen LogP) is 13.6. The highest BCUT2D eigenvalue weighted by molar-refractivity contribution is 6.17. The highest BCUT2D eigenvalue weighted by Gasteiger charge is 2.36. The van der Waals surface area contributed by atoms with Crippen molar-refractivity contribution in [2.24, 2.45) is 0 Å². The highest BCUT2D eigenvalue weighted by Crippen LogP contribution is 2.52. The molecule has 0 saturated heterocycles. The Morgan fingerprint density at radius 3 is 1.79 bits per heavy atom. The van der Waals surface area contributed by atoms with Crippen molar-refractivity contribution in [3.8, 4) is 73.0 Å². The van der Waals surface area contributed by atoms with E-state index in [0.717, 1.165) is 45.2 Å². The molecule has 4 heteroatoms. The topological polar surface area (TPSA) is 43.6 Å². The molecule has 1 aliphatic rings. The second kappa shape index (κ2) is 13.4. The van der Waals surface area contributed by atoms with Crippen molar-refractivity contribution in [3.05, 3.63) is 206 Å². The third kappa shape index (κ3) is 5.41. The van der Waals surface area contributed by atoms with Crippen LogP contribution in [0.15, 0.2) is 194 Å². The third-order valence-electron chi connectivity index (χ3n) is 11.9. The number of hydrogen-bond donors (Lipinski definition) is 0. The number of aromatic nitrogens is 4. The van der Waals surface area contributed by atoms with Gasteiger partial charge in [-0.2, -0.15) is 0 Å². The van der Waals surface area contributed by atoms with Gasteiger partial charge in [0.15, 0.2) is 0 Å². The lowest BCUT2D eigenvalue weighted by Crippen LogP contribution is -2.14. The fraction of sp³-hybridized carbons (Fsp3) is 0.0556. The van der Waals surface area contributed by atoms with Crippen LogP contribution in [0.25, 0.3) is 94.8 Å². The maximum Gasteiger partial charge on any atom is 0.0900 e. The van der Waals surface area contributed by atoms with Crippen LogP contribution in [0.5, 0.6) is 0 Å². The quantitative estimate of drug-likeness (QED) is 0.170. The van der Waals surface area contributed by atoms with E-state index in [1.807, 2.05) is 48.8 Å². The Morgan fingerprint density at radius 1 is 0.414 bits per heavy atom. The van der Waals surface area contributed by atoms with Gasteiger partial charge < -0.3 is 4.57 Å². The highest BCUT2D eigenvalue weighted by atomic mass is 15.0. The summed E-state index contributed by atoms with van der Waals surface area (Å²) >= 11 is 0. The molecule has 0 bridgehead atoms. The molecule has 0 aliphatic heterocycles. The van der Waals surface area contributed by atoms with E-state index >= 15 is 0 Å². The van der Waals surface area contributed by atoms with Gasteiger partial charge in [-0.15, -0.1) is 0 Å². The average Bonchev–Trinajstić information content (AvgIpc) is 3.75. The molecule has 10 aromatic rings. The number of rotatable bonds is 6. The standard InChI is InChI=1S/C54H38N4/c1-54(2)44-22-7-6-19-42(44)52-40(20-13-23-45(52)54)37-27-28-50-43(32-37)53-41(21-14-26-51(53)58(50)39-17-4-3-5-18-39)36-16-12-15-35(31-36)38-33-48(46-24-8-10-29-55-46)57-49(34-38)47-25-9-11-30-56-47/h3-34H,1-2H3. The lowest BCUT2D eigenvalue weighted by Gasteiger charge is -2.21. The van der Waals surface area contributed by atoms with Gasteiger partial charge in [0.25, 0.3) is 0 Å².